The fourth-order valence-electron chi connectivity index (χ4n) is 4.83. The predicted octanol–water partition coefficient (Wildman–Crippen LogP) is 5.07. The van der Waals surface area contributed by atoms with Crippen LogP contribution in [-0.2, 0) is 4.79 Å². The Kier molecular flexibility index (Phi) is 7.39. The molecule has 0 spiro atoms. The van der Waals surface area contributed by atoms with Crippen molar-refractivity contribution in [1.29, 1.82) is 0 Å². The van der Waals surface area contributed by atoms with Crippen molar-refractivity contribution in [1.82, 2.24) is 4.90 Å². The second-order valence-electron chi connectivity index (χ2n) is 8.65. The molecule has 0 radical (unpaired) electrons. The number of piperidine rings is 3. The molecule has 32 heavy (non-hydrogen) atoms. The lowest BCUT2D eigenvalue weighted by atomic mass is 9.84. The number of hydrogen-bond donors (Lipinski definition) is 0. The normalized spacial score (nSPS) is 16.6. The summed E-state index contributed by atoms with van der Waals surface area (Å²) in [5, 5.41) is 0. The van der Waals surface area contributed by atoms with Gasteiger partial charge in [0.1, 0.15) is 17.8 Å². The van der Waals surface area contributed by atoms with Crippen molar-refractivity contribution in [3.63, 3.8) is 0 Å². The number of aryl methyl sites for hydroxylation is 4. The van der Waals surface area contributed by atoms with Gasteiger partial charge in [-0.1, -0.05) is 0 Å². The monoisotopic (exact) mass is 435 g/mol. The molecule has 0 N–H and O–H groups in total. The van der Waals surface area contributed by atoms with E-state index >= 15 is 0 Å². The minimum Gasteiger partial charge on any atom is -0.496 e. The number of nitrogens with zero attached hydrogens (tertiary/aromatic N) is 1. The molecular formula is C27H33NO4. The van der Waals surface area contributed by atoms with Crippen LogP contribution >= 0.6 is 0 Å². The van der Waals surface area contributed by atoms with E-state index < -0.39 is 0 Å². The molecule has 0 aromatic heterocycles. The van der Waals surface area contributed by atoms with E-state index in [1.165, 1.54) is 0 Å². The highest BCUT2D eigenvalue weighted by Crippen LogP contribution is 2.33. The number of Topliss-reactive ketones (excluding diaryl/α,β-unsaturated/α-hetero) is 1. The van der Waals surface area contributed by atoms with Crippen molar-refractivity contribution >= 4 is 18.1 Å². The number of aldehydes is 1. The number of rotatable bonds is 4. The summed E-state index contributed by atoms with van der Waals surface area (Å²) < 4.78 is 10.6. The number of benzene rings is 2. The van der Waals surface area contributed by atoms with E-state index in [4.69, 9.17) is 9.47 Å². The first-order chi connectivity index (χ1) is 15.3. The number of ether oxygens (including phenoxy) is 2. The summed E-state index contributed by atoms with van der Waals surface area (Å²) in [7, 11) is 3.33. The smallest absolute Gasteiger partial charge is 0.182 e. The summed E-state index contributed by atoms with van der Waals surface area (Å²) in [5.74, 6) is 2.38. The van der Waals surface area contributed by atoms with Crippen LogP contribution in [0.1, 0.15) is 51.0 Å². The molecule has 5 heteroatoms. The third kappa shape index (κ3) is 4.87. The fraction of sp³-hybridized carbons (Fsp3) is 0.407. The molecule has 3 heterocycles. The van der Waals surface area contributed by atoms with Gasteiger partial charge in [0.25, 0.3) is 0 Å². The molecule has 3 fully saturated rings. The van der Waals surface area contributed by atoms with Crippen molar-refractivity contribution in [2.45, 2.75) is 40.5 Å². The van der Waals surface area contributed by atoms with Crippen LogP contribution in [0.15, 0.2) is 30.0 Å². The van der Waals surface area contributed by atoms with Gasteiger partial charge in [-0.25, -0.2) is 0 Å². The van der Waals surface area contributed by atoms with Crippen molar-refractivity contribution in [3.8, 4) is 11.5 Å². The van der Waals surface area contributed by atoms with Gasteiger partial charge in [0.2, 0.25) is 0 Å². The van der Waals surface area contributed by atoms with Gasteiger partial charge in [-0.05, 0) is 98.7 Å². The van der Waals surface area contributed by atoms with E-state index in [0.29, 0.717) is 11.3 Å². The minimum absolute atomic E-state index is 0.256. The van der Waals surface area contributed by atoms with Crippen molar-refractivity contribution in [3.05, 3.63) is 63.3 Å². The Morgan fingerprint density at radius 1 is 0.812 bits per heavy atom. The molecule has 5 rings (SSSR count). The van der Waals surface area contributed by atoms with Gasteiger partial charge < -0.3 is 14.4 Å². The van der Waals surface area contributed by atoms with Gasteiger partial charge in [-0.2, -0.15) is 0 Å². The lowest BCUT2D eigenvalue weighted by molar-refractivity contribution is -0.125. The summed E-state index contributed by atoms with van der Waals surface area (Å²) in [6, 6.07) is 7.82. The maximum atomic E-state index is 12.3. The molecule has 0 atom stereocenters. The Morgan fingerprint density at radius 2 is 1.25 bits per heavy atom. The van der Waals surface area contributed by atoms with Crippen LogP contribution in [0.5, 0.6) is 11.5 Å². The third-order valence-electron chi connectivity index (χ3n) is 6.27. The number of allylic oxidation sites excluding steroid dienone is 1. The first kappa shape index (κ1) is 23.6. The van der Waals surface area contributed by atoms with Crippen LogP contribution < -0.4 is 9.47 Å². The Hall–Kier alpha value is -3.08. The predicted molar refractivity (Wildman–Crippen MR) is 128 cm³/mol. The van der Waals surface area contributed by atoms with Crippen LogP contribution in [-0.4, -0.2) is 44.3 Å². The summed E-state index contributed by atoms with van der Waals surface area (Å²) in [6.45, 7) is 10.00. The average Bonchev–Trinajstić information content (AvgIpc) is 2.76. The standard InChI is InChI=1S/C17H21NO2.C10H12O2/c1-11-8-13(9-12(2)17(11)20-3)10-15-16(19)14-4-6-18(15)7-5-14;1-7-4-9(6-11)5-8(2)10(7)12-3/h8-10,14H,4-7H2,1-3H3;4-6H,1-3H3. The molecule has 3 saturated heterocycles. The SMILES string of the molecule is COc1c(C)cc(C=C2C(=O)C3CCN2CC3)cc1C.COc1c(C)cc(C=O)cc1C. The average molecular weight is 436 g/mol. The number of hydrogen-bond acceptors (Lipinski definition) is 5. The quantitative estimate of drug-likeness (QED) is 0.496. The molecule has 0 amide bonds. The lowest BCUT2D eigenvalue weighted by Gasteiger charge is -2.41. The van der Waals surface area contributed by atoms with E-state index in [1.807, 2.05) is 45.9 Å². The molecule has 0 aliphatic carbocycles. The van der Waals surface area contributed by atoms with Gasteiger partial charge >= 0.3 is 0 Å². The Bertz CT molecular complexity index is 1000. The maximum Gasteiger partial charge on any atom is 0.182 e. The number of methoxy groups -OCH3 is 2. The fourth-order valence-corrected chi connectivity index (χ4v) is 4.83. The van der Waals surface area contributed by atoms with E-state index in [2.05, 4.69) is 17.0 Å². The van der Waals surface area contributed by atoms with Crippen molar-refractivity contribution in [2.75, 3.05) is 27.3 Å². The van der Waals surface area contributed by atoms with Gasteiger partial charge in [0.15, 0.2) is 5.78 Å². The Labute approximate surface area is 191 Å². The highest BCUT2D eigenvalue weighted by Gasteiger charge is 2.36. The van der Waals surface area contributed by atoms with E-state index in [-0.39, 0.29) is 5.92 Å². The molecule has 2 aromatic rings. The van der Waals surface area contributed by atoms with E-state index in [0.717, 1.165) is 77.2 Å². The molecular weight excluding hydrogens is 402 g/mol. The molecule has 2 bridgehead atoms. The van der Waals surface area contributed by atoms with Gasteiger partial charge in [-0.15, -0.1) is 0 Å². The highest BCUT2D eigenvalue weighted by molar-refractivity contribution is 6.02. The molecule has 0 unspecified atom stereocenters. The largest absolute Gasteiger partial charge is 0.496 e. The topological polar surface area (TPSA) is 55.8 Å². The first-order valence-corrected chi connectivity index (χ1v) is 11.1. The van der Waals surface area contributed by atoms with Crippen LogP contribution in [0.25, 0.3) is 6.08 Å². The van der Waals surface area contributed by atoms with Crippen molar-refractivity contribution in [2.24, 2.45) is 5.92 Å². The zero-order chi connectivity index (χ0) is 23.4. The number of ketones is 1. The minimum atomic E-state index is 0.256. The zero-order valence-corrected chi connectivity index (χ0v) is 20.0. The van der Waals surface area contributed by atoms with E-state index in [9.17, 15) is 9.59 Å². The zero-order valence-electron chi connectivity index (χ0n) is 20.0. The van der Waals surface area contributed by atoms with Gasteiger partial charge in [0.05, 0.1) is 19.9 Å². The van der Waals surface area contributed by atoms with Crippen molar-refractivity contribution < 1.29 is 19.1 Å². The Balaban J connectivity index is 0.000000207. The van der Waals surface area contributed by atoms with Gasteiger partial charge in [0, 0.05) is 24.6 Å². The molecule has 170 valence electrons. The molecule has 5 nitrogen and oxygen atoms in total. The first-order valence-electron chi connectivity index (χ1n) is 11.1. The van der Waals surface area contributed by atoms with Gasteiger partial charge in [-0.3, -0.25) is 9.59 Å². The number of carbonyl (C=O) groups is 2. The molecule has 2 aromatic carbocycles. The summed E-state index contributed by atoms with van der Waals surface area (Å²) >= 11 is 0. The number of fused-ring (bicyclic) bond motifs is 3. The van der Waals surface area contributed by atoms with Crippen LogP contribution in [0.3, 0.4) is 0 Å². The second kappa shape index (κ2) is 10.0. The summed E-state index contributed by atoms with van der Waals surface area (Å²) in [5.41, 5.74) is 6.92. The van der Waals surface area contributed by atoms with Crippen LogP contribution in [0.4, 0.5) is 0 Å². The van der Waals surface area contributed by atoms with Crippen LogP contribution in [0, 0.1) is 33.6 Å². The maximum absolute atomic E-state index is 12.3. The molecule has 3 aliphatic rings. The Morgan fingerprint density at radius 3 is 1.62 bits per heavy atom. The van der Waals surface area contributed by atoms with Crippen LogP contribution in [0.2, 0.25) is 0 Å². The third-order valence-corrected chi connectivity index (χ3v) is 6.27. The number of carbonyl (C=O) groups excluding carboxylic acids is 2. The summed E-state index contributed by atoms with van der Waals surface area (Å²) in [6.07, 6.45) is 4.94. The highest BCUT2D eigenvalue weighted by atomic mass is 16.5. The molecule has 3 aliphatic heterocycles. The summed E-state index contributed by atoms with van der Waals surface area (Å²) in [4.78, 5) is 25.1. The van der Waals surface area contributed by atoms with E-state index in [1.54, 1.807) is 14.2 Å². The lowest BCUT2D eigenvalue weighted by Crippen LogP contribution is -2.45. The molecule has 0 saturated carbocycles. The second-order valence-corrected chi connectivity index (χ2v) is 8.65.